The standard InChI is InChI=1S/C24H21ClFN5/c25-18-10-8-17(9-11-18)24-28-13-16(14-29-24)12-27-21-5-3-7-22-19(21)15-30-31(22)23-6-2-1-4-20(23)26/h1-2,4,6,8-11,13-15,21,27H,3,5,7,12H2. The van der Waals surface area contributed by atoms with Crippen molar-refractivity contribution in [1.29, 1.82) is 0 Å². The molecule has 2 heterocycles. The monoisotopic (exact) mass is 433 g/mol. The van der Waals surface area contributed by atoms with E-state index in [-0.39, 0.29) is 11.9 Å². The number of aromatic nitrogens is 4. The second kappa shape index (κ2) is 8.57. The fraction of sp³-hybridized carbons (Fsp3) is 0.208. The molecule has 0 aliphatic heterocycles. The van der Waals surface area contributed by atoms with E-state index in [2.05, 4.69) is 20.4 Å². The maximum Gasteiger partial charge on any atom is 0.159 e. The maximum absolute atomic E-state index is 14.3. The summed E-state index contributed by atoms with van der Waals surface area (Å²) in [5.74, 6) is 0.410. The number of nitrogens with zero attached hydrogens (tertiary/aromatic N) is 4. The van der Waals surface area contributed by atoms with Crippen molar-refractivity contribution in [2.24, 2.45) is 0 Å². The van der Waals surface area contributed by atoms with Crippen molar-refractivity contribution in [3.63, 3.8) is 0 Å². The second-order valence-electron chi connectivity index (χ2n) is 7.66. The number of fused-ring (bicyclic) bond motifs is 1. The molecule has 0 radical (unpaired) electrons. The van der Waals surface area contributed by atoms with Crippen molar-refractivity contribution in [2.75, 3.05) is 0 Å². The van der Waals surface area contributed by atoms with Gasteiger partial charge in [-0.2, -0.15) is 5.10 Å². The zero-order valence-corrected chi connectivity index (χ0v) is 17.6. The molecule has 7 heteroatoms. The predicted molar refractivity (Wildman–Crippen MR) is 119 cm³/mol. The molecule has 5 nitrogen and oxygen atoms in total. The van der Waals surface area contributed by atoms with Gasteiger partial charge in [-0.3, -0.25) is 0 Å². The number of rotatable bonds is 5. The molecule has 31 heavy (non-hydrogen) atoms. The zero-order valence-electron chi connectivity index (χ0n) is 16.8. The van der Waals surface area contributed by atoms with Crippen LogP contribution in [0.5, 0.6) is 0 Å². The molecule has 1 atom stereocenters. The fourth-order valence-corrected chi connectivity index (χ4v) is 4.16. The Balaban J connectivity index is 1.30. The van der Waals surface area contributed by atoms with Gasteiger partial charge in [0.1, 0.15) is 11.5 Å². The largest absolute Gasteiger partial charge is 0.306 e. The third kappa shape index (κ3) is 4.09. The molecule has 0 saturated heterocycles. The number of benzene rings is 2. The lowest BCUT2D eigenvalue weighted by Gasteiger charge is -2.24. The van der Waals surface area contributed by atoms with Crippen LogP contribution in [0, 0.1) is 5.82 Å². The Labute approximate surface area is 184 Å². The van der Waals surface area contributed by atoms with Gasteiger partial charge in [0.2, 0.25) is 0 Å². The second-order valence-corrected chi connectivity index (χ2v) is 8.09. The summed E-state index contributed by atoms with van der Waals surface area (Å²) in [5.41, 5.74) is 4.64. The highest BCUT2D eigenvalue weighted by molar-refractivity contribution is 6.30. The van der Waals surface area contributed by atoms with Crippen molar-refractivity contribution in [2.45, 2.75) is 31.8 Å². The molecule has 2 aromatic carbocycles. The van der Waals surface area contributed by atoms with Gasteiger partial charge in [-0.1, -0.05) is 23.7 Å². The predicted octanol–water partition coefficient (Wildman–Crippen LogP) is 5.29. The molecule has 1 N–H and O–H groups in total. The van der Waals surface area contributed by atoms with Gasteiger partial charge in [-0.05, 0) is 55.7 Å². The van der Waals surface area contributed by atoms with Gasteiger partial charge in [0.15, 0.2) is 5.82 Å². The first-order valence-corrected chi connectivity index (χ1v) is 10.7. The molecule has 0 bridgehead atoms. The fourth-order valence-electron chi connectivity index (χ4n) is 4.04. The Kier molecular flexibility index (Phi) is 5.49. The van der Waals surface area contributed by atoms with E-state index in [0.29, 0.717) is 23.1 Å². The average Bonchev–Trinajstić information content (AvgIpc) is 3.23. The van der Waals surface area contributed by atoms with Crippen LogP contribution in [0.1, 0.15) is 35.7 Å². The van der Waals surface area contributed by atoms with Crippen LogP contribution in [0.25, 0.3) is 17.1 Å². The van der Waals surface area contributed by atoms with E-state index in [4.69, 9.17) is 11.6 Å². The molecule has 0 amide bonds. The summed E-state index contributed by atoms with van der Waals surface area (Å²) >= 11 is 5.95. The van der Waals surface area contributed by atoms with Crippen molar-refractivity contribution >= 4 is 11.6 Å². The molecule has 0 fully saturated rings. The van der Waals surface area contributed by atoms with Crippen molar-refractivity contribution in [1.82, 2.24) is 25.1 Å². The normalized spacial score (nSPS) is 15.6. The van der Waals surface area contributed by atoms with E-state index in [1.54, 1.807) is 16.8 Å². The van der Waals surface area contributed by atoms with Gasteiger partial charge < -0.3 is 5.32 Å². The van der Waals surface area contributed by atoms with Gasteiger partial charge in [-0.25, -0.2) is 19.0 Å². The van der Waals surface area contributed by atoms with Crippen LogP contribution in [0.4, 0.5) is 4.39 Å². The van der Waals surface area contributed by atoms with E-state index in [0.717, 1.165) is 41.6 Å². The molecule has 1 unspecified atom stereocenters. The van der Waals surface area contributed by atoms with Crippen LogP contribution in [-0.2, 0) is 13.0 Å². The number of para-hydroxylation sites is 1. The SMILES string of the molecule is Fc1ccccc1-n1ncc2c1CCCC2NCc1cnc(-c2ccc(Cl)cc2)nc1. The van der Waals surface area contributed by atoms with E-state index in [9.17, 15) is 4.39 Å². The average molecular weight is 434 g/mol. The van der Waals surface area contributed by atoms with Crippen LogP contribution in [0.3, 0.4) is 0 Å². The molecule has 2 aromatic heterocycles. The number of hydrogen-bond acceptors (Lipinski definition) is 4. The van der Waals surface area contributed by atoms with Crippen molar-refractivity contribution < 1.29 is 4.39 Å². The maximum atomic E-state index is 14.3. The lowest BCUT2D eigenvalue weighted by atomic mass is 9.92. The lowest BCUT2D eigenvalue weighted by molar-refractivity contribution is 0.453. The van der Waals surface area contributed by atoms with E-state index < -0.39 is 0 Å². The molecule has 1 aliphatic rings. The first-order valence-electron chi connectivity index (χ1n) is 10.3. The number of halogens is 2. The first-order chi connectivity index (χ1) is 15.2. The highest BCUT2D eigenvalue weighted by Crippen LogP contribution is 2.31. The van der Waals surface area contributed by atoms with Crippen LogP contribution in [0.2, 0.25) is 5.02 Å². The Morgan fingerprint density at radius 1 is 1.03 bits per heavy atom. The number of hydrogen-bond donors (Lipinski definition) is 1. The van der Waals surface area contributed by atoms with Crippen LogP contribution in [0.15, 0.2) is 67.1 Å². The minimum absolute atomic E-state index is 0.167. The van der Waals surface area contributed by atoms with E-state index in [1.165, 1.54) is 6.07 Å². The summed E-state index contributed by atoms with van der Waals surface area (Å²) < 4.78 is 16.0. The van der Waals surface area contributed by atoms with Crippen molar-refractivity contribution in [3.05, 3.63) is 94.8 Å². The summed E-state index contributed by atoms with van der Waals surface area (Å²) in [4.78, 5) is 8.98. The molecule has 4 aromatic rings. The van der Waals surface area contributed by atoms with Crippen LogP contribution in [-0.4, -0.2) is 19.7 Å². The minimum Gasteiger partial charge on any atom is -0.306 e. The lowest BCUT2D eigenvalue weighted by Crippen LogP contribution is -2.25. The highest BCUT2D eigenvalue weighted by atomic mass is 35.5. The molecular formula is C24H21ClFN5. The molecule has 5 rings (SSSR count). The van der Waals surface area contributed by atoms with E-state index in [1.807, 2.05) is 48.9 Å². The summed E-state index contributed by atoms with van der Waals surface area (Å²) in [6.45, 7) is 0.649. The van der Waals surface area contributed by atoms with Gasteiger partial charge in [-0.15, -0.1) is 0 Å². The Morgan fingerprint density at radius 2 is 1.81 bits per heavy atom. The topological polar surface area (TPSA) is 55.6 Å². The van der Waals surface area contributed by atoms with Gasteiger partial charge in [0.25, 0.3) is 0 Å². The summed E-state index contributed by atoms with van der Waals surface area (Å²) in [5, 5.41) is 8.77. The zero-order chi connectivity index (χ0) is 21.2. The van der Waals surface area contributed by atoms with Crippen molar-refractivity contribution in [3.8, 4) is 17.1 Å². The third-order valence-electron chi connectivity index (χ3n) is 5.62. The van der Waals surface area contributed by atoms with Gasteiger partial charge in [0.05, 0.1) is 6.20 Å². The quantitative estimate of drug-likeness (QED) is 0.464. The van der Waals surface area contributed by atoms with E-state index >= 15 is 0 Å². The van der Waals surface area contributed by atoms with Crippen LogP contribution >= 0.6 is 11.6 Å². The Hall–Kier alpha value is -3.09. The molecular weight excluding hydrogens is 413 g/mol. The molecule has 0 spiro atoms. The highest BCUT2D eigenvalue weighted by Gasteiger charge is 2.25. The van der Waals surface area contributed by atoms with Crippen LogP contribution < -0.4 is 5.32 Å². The Morgan fingerprint density at radius 3 is 2.58 bits per heavy atom. The molecule has 156 valence electrons. The summed E-state index contributed by atoms with van der Waals surface area (Å²) in [6, 6.07) is 14.4. The smallest absolute Gasteiger partial charge is 0.159 e. The molecule has 0 saturated carbocycles. The van der Waals surface area contributed by atoms with Gasteiger partial charge in [0, 0.05) is 52.4 Å². The van der Waals surface area contributed by atoms with Gasteiger partial charge >= 0.3 is 0 Å². The Bertz CT molecular complexity index is 1190. The minimum atomic E-state index is -0.263. The number of nitrogens with one attached hydrogen (secondary N) is 1. The summed E-state index contributed by atoms with van der Waals surface area (Å²) in [6.07, 6.45) is 8.48. The molecule has 1 aliphatic carbocycles. The first kappa shape index (κ1) is 19.8. The summed E-state index contributed by atoms with van der Waals surface area (Å²) in [7, 11) is 0. The third-order valence-corrected chi connectivity index (χ3v) is 5.88.